The van der Waals surface area contributed by atoms with Crippen LogP contribution in [-0.4, -0.2) is 28.3 Å². The monoisotopic (exact) mass is 319 g/mol. The summed E-state index contributed by atoms with van der Waals surface area (Å²) >= 11 is 5.75. The minimum Gasteiger partial charge on any atom is -0.391 e. The molecule has 0 saturated heterocycles. The van der Waals surface area contributed by atoms with Crippen LogP contribution in [0.2, 0.25) is 5.15 Å². The summed E-state index contributed by atoms with van der Waals surface area (Å²) in [6, 6.07) is 12.0. The predicted octanol–water partition coefficient (Wildman–Crippen LogP) is 2.85. The molecule has 0 saturated carbocycles. The first-order valence-electron chi connectivity index (χ1n) is 6.95. The normalized spacial score (nSPS) is 13.2. The van der Waals surface area contributed by atoms with E-state index in [1.54, 1.807) is 19.1 Å². The lowest BCUT2D eigenvalue weighted by molar-refractivity contribution is 0.137. The van der Waals surface area contributed by atoms with Gasteiger partial charge in [-0.3, -0.25) is 0 Å². The number of rotatable bonds is 5. The zero-order valence-corrected chi connectivity index (χ0v) is 12.9. The lowest BCUT2D eigenvalue weighted by Crippen LogP contribution is -2.44. The molecule has 2 aromatic rings. The number of aromatic nitrogens is 1. The van der Waals surface area contributed by atoms with Gasteiger partial charge in [0.2, 0.25) is 0 Å². The van der Waals surface area contributed by atoms with Crippen LogP contribution in [0.15, 0.2) is 48.7 Å². The molecule has 0 aliphatic carbocycles. The van der Waals surface area contributed by atoms with E-state index in [9.17, 15) is 9.90 Å². The number of hydrogen-bond donors (Lipinski definition) is 3. The number of halogens is 1. The first kappa shape index (κ1) is 16.3. The SMILES string of the molecule is CC(NC(=O)Nc1ccnc(Cl)c1)C(O)Cc1ccccc1. The van der Waals surface area contributed by atoms with Crippen LogP contribution < -0.4 is 10.6 Å². The maximum Gasteiger partial charge on any atom is 0.319 e. The Hall–Kier alpha value is -2.11. The smallest absolute Gasteiger partial charge is 0.319 e. The second kappa shape index (κ2) is 7.77. The van der Waals surface area contributed by atoms with Crippen molar-refractivity contribution in [3.63, 3.8) is 0 Å². The van der Waals surface area contributed by atoms with Gasteiger partial charge in [-0.2, -0.15) is 0 Å². The Labute approximate surface area is 134 Å². The number of amides is 2. The third-order valence-corrected chi connectivity index (χ3v) is 3.41. The fourth-order valence-corrected chi connectivity index (χ4v) is 2.16. The molecule has 1 heterocycles. The summed E-state index contributed by atoms with van der Waals surface area (Å²) < 4.78 is 0. The number of aliphatic hydroxyl groups excluding tert-OH is 1. The average Bonchev–Trinajstić information content (AvgIpc) is 2.48. The minimum atomic E-state index is -0.672. The second-order valence-corrected chi connectivity index (χ2v) is 5.40. The summed E-state index contributed by atoms with van der Waals surface area (Å²) in [4.78, 5) is 15.7. The number of carbonyl (C=O) groups excluding carboxylic acids is 1. The zero-order valence-electron chi connectivity index (χ0n) is 12.2. The van der Waals surface area contributed by atoms with E-state index >= 15 is 0 Å². The number of aliphatic hydroxyl groups is 1. The van der Waals surface area contributed by atoms with Gasteiger partial charge in [0.05, 0.1) is 12.1 Å². The molecular formula is C16H18ClN3O2. The number of nitrogens with one attached hydrogen (secondary N) is 2. The van der Waals surface area contributed by atoms with Gasteiger partial charge in [-0.1, -0.05) is 41.9 Å². The highest BCUT2D eigenvalue weighted by molar-refractivity contribution is 6.29. The lowest BCUT2D eigenvalue weighted by atomic mass is 10.0. The van der Waals surface area contributed by atoms with Crippen molar-refractivity contribution in [2.45, 2.75) is 25.5 Å². The van der Waals surface area contributed by atoms with Crippen molar-refractivity contribution in [1.29, 1.82) is 0 Å². The molecular weight excluding hydrogens is 302 g/mol. The van der Waals surface area contributed by atoms with Gasteiger partial charge in [0.25, 0.3) is 0 Å². The van der Waals surface area contributed by atoms with E-state index in [0.717, 1.165) is 5.56 Å². The van der Waals surface area contributed by atoms with Crippen LogP contribution in [0.4, 0.5) is 10.5 Å². The maximum atomic E-state index is 11.9. The Balaban J connectivity index is 1.85. The van der Waals surface area contributed by atoms with E-state index in [1.165, 1.54) is 6.20 Å². The quantitative estimate of drug-likeness (QED) is 0.742. The molecule has 116 valence electrons. The molecule has 3 N–H and O–H groups in total. The lowest BCUT2D eigenvalue weighted by Gasteiger charge is -2.20. The molecule has 6 heteroatoms. The third-order valence-electron chi connectivity index (χ3n) is 3.21. The van der Waals surface area contributed by atoms with Crippen LogP contribution in [0.3, 0.4) is 0 Å². The Morgan fingerprint density at radius 3 is 2.73 bits per heavy atom. The Morgan fingerprint density at radius 2 is 2.05 bits per heavy atom. The van der Waals surface area contributed by atoms with Crippen molar-refractivity contribution in [3.05, 3.63) is 59.4 Å². The topological polar surface area (TPSA) is 74.2 Å². The van der Waals surface area contributed by atoms with Crippen molar-refractivity contribution in [1.82, 2.24) is 10.3 Å². The summed E-state index contributed by atoms with van der Waals surface area (Å²) in [6.07, 6.45) is 1.31. The van der Waals surface area contributed by atoms with E-state index in [1.807, 2.05) is 30.3 Å². The van der Waals surface area contributed by atoms with Gasteiger partial charge in [-0.25, -0.2) is 9.78 Å². The van der Waals surface area contributed by atoms with E-state index in [2.05, 4.69) is 15.6 Å². The molecule has 1 aromatic carbocycles. The standard InChI is InChI=1S/C16H18ClN3O2/c1-11(14(21)9-12-5-3-2-4-6-12)19-16(22)20-13-7-8-18-15(17)10-13/h2-8,10-11,14,21H,9H2,1H3,(H2,18,19,20,22). The van der Waals surface area contributed by atoms with Gasteiger partial charge in [-0.05, 0) is 24.6 Å². The highest BCUT2D eigenvalue weighted by Gasteiger charge is 2.17. The number of nitrogens with zero attached hydrogens (tertiary/aromatic N) is 1. The van der Waals surface area contributed by atoms with Crippen LogP contribution in [0.1, 0.15) is 12.5 Å². The van der Waals surface area contributed by atoms with Gasteiger partial charge >= 0.3 is 6.03 Å². The molecule has 0 spiro atoms. The van der Waals surface area contributed by atoms with Gasteiger partial charge in [0, 0.05) is 18.3 Å². The number of carbonyl (C=O) groups is 1. The van der Waals surface area contributed by atoms with Crippen LogP contribution >= 0.6 is 11.6 Å². The molecule has 0 aliphatic rings. The largest absolute Gasteiger partial charge is 0.391 e. The number of benzene rings is 1. The Kier molecular flexibility index (Phi) is 5.75. The molecule has 0 aliphatic heterocycles. The van der Waals surface area contributed by atoms with E-state index in [-0.39, 0.29) is 0 Å². The Morgan fingerprint density at radius 1 is 1.32 bits per heavy atom. The van der Waals surface area contributed by atoms with Crippen molar-refractivity contribution >= 4 is 23.3 Å². The van der Waals surface area contributed by atoms with Gasteiger partial charge in [0.15, 0.2) is 0 Å². The molecule has 1 aromatic heterocycles. The fourth-order valence-electron chi connectivity index (χ4n) is 1.98. The molecule has 2 rings (SSSR count). The second-order valence-electron chi connectivity index (χ2n) is 5.01. The van der Waals surface area contributed by atoms with Crippen molar-refractivity contribution in [2.24, 2.45) is 0 Å². The molecule has 5 nitrogen and oxygen atoms in total. The number of hydrogen-bond acceptors (Lipinski definition) is 3. The molecule has 0 fully saturated rings. The van der Waals surface area contributed by atoms with E-state index < -0.39 is 18.2 Å². The highest BCUT2D eigenvalue weighted by atomic mass is 35.5. The molecule has 0 radical (unpaired) electrons. The van der Waals surface area contributed by atoms with Crippen molar-refractivity contribution in [3.8, 4) is 0 Å². The maximum absolute atomic E-state index is 11.9. The fraction of sp³-hybridized carbons (Fsp3) is 0.250. The third kappa shape index (κ3) is 5.02. The Bertz CT molecular complexity index is 622. The summed E-state index contributed by atoms with van der Waals surface area (Å²) in [5.74, 6) is 0. The van der Waals surface area contributed by atoms with E-state index in [0.29, 0.717) is 17.3 Å². The molecule has 2 amide bonds. The van der Waals surface area contributed by atoms with Crippen molar-refractivity contribution in [2.75, 3.05) is 5.32 Å². The van der Waals surface area contributed by atoms with E-state index in [4.69, 9.17) is 11.6 Å². The summed E-state index contributed by atoms with van der Waals surface area (Å²) in [6.45, 7) is 1.76. The van der Waals surface area contributed by atoms with Gasteiger partial charge < -0.3 is 15.7 Å². The summed E-state index contributed by atoms with van der Waals surface area (Å²) in [7, 11) is 0. The highest BCUT2D eigenvalue weighted by Crippen LogP contribution is 2.12. The first-order valence-corrected chi connectivity index (χ1v) is 7.33. The summed E-state index contributed by atoms with van der Waals surface area (Å²) in [5, 5.41) is 15.8. The minimum absolute atomic E-state index is 0.301. The first-order chi connectivity index (χ1) is 10.5. The molecule has 0 bridgehead atoms. The number of urea groups is 1. The molecule has 2 unspecified atom stereocenters. The zero-order chi connectivity index (χ0) is 15.9. The summed E-state index contributed by atoms with van der Waals surface area (Å²) in [5.41, 5.74) is 1.56. The van der Waals surface area contributed by atoms with Gasteiger partial charge in [0.1, 0.15) is 5.15 Å². The average molecular weight is 320 g/mol. The van der Waals surface area contributed by atoms with Crippen LogP contribution in [0, 0.1) is 0 Å². The van der Waals surface area contributed by atoms with Gasteiger partial charge in [-0.15, -0.1) is 0 Å². The van der Waals surface area contributed by atoms with Crippen LogP contribution in [0.25, 0.3) is 0 Å². The predicted molar refractivity (Wildman–Crippen MR) is 87.0 cm³/mol. The van der Waals surface area contributed by atoms with Crippen molar-refractivity contribution < 1.29 is 9.90 Å². The van der Waals surface area contributed by atoms with Crippen LogP contribution in [-0.2, 0) is 6.42 Å². The number of anilines is 1. The number of pyridine rings is 1. The molecule has 22 heavy (non-hydrogen) atoms. The molecule has 2 atom stereocenters. The van der Waals surface area contributed by atoms with Crippen LogP contribution in [0.5, 0.6) is 0 Å².